The molecule has 0 fully saturated rings. The molecule has 0 spiro atoms. The van der Waals surface area contributed by atoms with Crippen LogP contribution in [-0.4, -0.2) is 40.6 Å². The number of carbonyl (C=O) groups is 2. The summed E-state index contributed by atoms with van der Waals surface area (Å²) in [7, 11) is 1.71. The molecule has 0 aliphatic heterocycles. The van der Waals surface area contributed by atoms with Gasteiger partial charge in [-0.1, -0.05) is 20.8 Å². The Balaban J connectivity index is 2.64. The lowest BCUT2D eigenvalue weighted by atomic mass is 9.96. The molecule has 1 aromatic heterocycles. The summed E-state index contributed by atoms with van der Waals surface area (Å²) >= 11 is 0. The van der Waals surface area contributed by atoms with Crippen molar-refractivity contribution in [1.82, 2.24) is 9.88 Å². The van der Waals surface area contributed by atoms with Crippen molar-refractivity contribution in [2.24, 2.45) is 5.41 Å². The van der Waals surface area contributed by atoms with Gasteiger partial charge in [-0.15, -0.1) is 0 Å². The maximum absolute atomic E-state index is 11.9. The fraction of sp³-hybridized carbons (Fsp3) is 0.462. The molecule has 0 bridgehead atoms. The summed E-state index contributed by atoms with van der Waals surface area (Å²) in [5.41, 5.74) is 0.425. The van der Waals surface area contributed by atoms with Crippen molar-refractivity contribution in [3.05, 3.63) is 24.0 Å². The molecule has 1 rings (SSSR count). The molecular weight excluding hydrogens is 246 g/mol. The minimum atomic E-state index is -1.09. The Hall–Kier alpha value is -2.11. The molecule has 0 aliphatic rings. The average Bonchev–Trinajstić information content (AvgIpc) is 2.27. The molecule has 0 saturated heterocycles. The van der Waals surface area contributed by atoms with E-state index in [0.717, 1.165) is 0 Å². The Morgan fingerprint density at radius 1 is 1.37 bits per heavy atom. The van der Waals surface area contributed by atoms with Crippen LogP contribution in [0.1, 0.15) is 31.3 Å². The van der Waals surface area contributed by atoms with Crippen LogP contribution in [0.3, 0.4) is 0 Å². The van der Waals surface area contributed by atoms with E-state index in [0.29, 0.717) is 12.2 Å². The number of hydrogen-bond donors (Lipinski definition) is 2. The van der Waals surface area contributed by atoms with E-state index in [2.05, 4.69) is 10.3 Å². The Labute approximate surface area is 112 Å². The van der Waals surface area contributed by atoms with Gasteiger partial charge in [0.15, 0.2) is 0 Å². The number of carboxylic acids is 1. The molecule has 0 aliphatic carbocycles. The maximum Gasteiger partial charge on any atom is 0.354 e. The van der Waals surface area contributed by atoms with Crippen molar-refractivity contribution in [1.29, 1.82) is 0 Å². The second-order valence-corrected chi connectivity index (χ2v) is 5.58. The Bertz CT molecular complexity index is 463. The first-order chi connectivity index (χ1) is 8.69. The van der Waals surface area contributed by atoms with E-state index in [9.17, 15) is 9.59 Å². The first-order valence-electron chi connectivity index (χ1n) is 5.90. The van der Waals surface area contributed by atoms with Gasteiger partial charge in [-0.2, -0.15) is 0 Å². The number of hydrogen-bond acceptors (Lipinski definition) is 3. The topological polar surface area (TPSA) is 82.5 Å². The van der Waals surface area contributed by atoms with Crippen LogP contribution in [0.15, 0.2) is 18.3 Å². The lowest BCUT2D eigenvalue weighted by Gasteiger charge is -2.26. The van der Waals surface area contributed by atoms with Gasteiger partial charge in [0.1, 0.15) is 5.69 Å². The summed E-state index contributed by atoms with van der Waals surface area (Å²) in [6.07, 6.45) is 1.33. The van der Waals surface area contributed by atoms with Crippen LogP contribution in [0.2, 0.25) is 0 Å². The van der Waals surface area contributed by atoms with Crippen LogP contribution in [0.25, 0.3) is 0 Å². The Morgan fingerprint density at radius 3 is 2.42 bits per heavy atom. The first kappa shape index (κ1) is 14.9. The summed E-state index contributed by atoms with van der Waals surface area (Å²) in [5, 5.41) is 11.4. The molecule has 1 heterocycles. The van der Waals surface area contributed by atoms with Gasteiger partial charge in [0.25, 0.3) is 0 Å². The van der Waals surface area contributed by atoms with Crippen molar-refractivity contribution >= 4 is 17.7 Å². The molecule has 0 radical (unpaired) electrons. The molecule has 19 heavy (non-hydrogen) atoms. The SMILES string of the molecule is CN(CC(C)(C)C)C(=O)Nc1ccc(C(=O)O)nc1. The van der Waals surface area contributed by atoms with Crippen LogP contribution >= 0.6 is 0 Å². The average molecular weight is 265 g/mol. The number of pyridine rings is 1. The van der Waals surface area contributed by atoms with Crippen molar-refractivity contribution < 1.29 is 14.7 Å². The predicted octanol–water partition coefficient (Wildman–Crippen LogP) is 2.29. The molecule has 1 aromatic rings. The molecule has 0 unspecified atom stereocenters. The van der Waals surface area contributed by atoms with Crippen molar-refractivity contribution in [3.8, 4) is 0 Å². The van der Waals surface area contributed by atoms with Crippen LogP contribution in [0, 0.1) is 5.41 Å². The highest BCUT2D eigenvalue weighted by atomic mass is 16.4. The zero-order valence-electron chi connectivity index (χ0n) is 11.6. The van der Waals surface area contributed by atoms with E-state index in [1.165, 1.54) is 18.3 Å². The van der Waals surface area contributed by atoms with Gasteiger partial charge < -0.3 is 15.3 Å². The number of aromatic nitrogens is 1. The molecule has 104 valence electrons. The highest BCUT2D eigenvalue weighted by molar-refractivity contribution is 5.90. The molecular formula is C13H19N3O3. The highest BCUT2D eigenvalue weighted by Gasteiger charge is 2.17. The van der Waals surface area contributed by atoms with Gasteiger partial charge in [0.2, 0.25) is 0 Å². The lowest BCUT2D eigenvalue weighted by molar-refractivity contribution is 0.0690. The summed E-state index contributed by atoms with van der Waals surface area (Å²) < 4.78 is 0. The van der Waals surface area contributed by atoms with Gasteiger partial charge in [-0.3, -0.25) is 0 Å². The number of nitrogens with one attached hydrogen (secondary N) is 1. The molecule has 6 nitrogen and oxygen atoms in total. The summed E-state index contributed by atoms with van der Waals surface area (Å²) in [4.78, 5) is 27.8. The predicted molar refractivity (Wildman–Crippen MR) is 72.3 cm³/mol. The second-order valence-electron chi connectivity index (χ2n) is 5.58. The maximum atomic E-state index is 11.9. The van der Waals surface area contributed by atoms with Crippen molar-refractivity contribution in [2.45, 2.75) is 20.8 Å². The van der Waals surface area contributed by atoms with Crippen LogP contribution in [-0.2, 0) is 0 Å². The second kappa shape index (κ2) is 5.69. The quantitative estimate of drug-likeness (QED) is 0.878. The van der Waals surface area contributed by atoms with E-state index in [-0.39, 0.29) is 17.1 Å². The zero-order chi connectivity index (χ0) is 14.6. The minimum Gasteiger partial charge on any atom is -0.477 e. The standard InChI is InChI=1S/C13H19N3O3/c1-13(2,3)8-16(4)12(19)15-9-5-6-10(11(17)18)14-7-9/h5-7H,8H2,1-4H3,(H,15,19)(H,17,18). The number of carboxylic acid groups (broad SMARTS) is 1. The monoisotopic (exact) mass is 265 g/mol. The van der Waals surface area contributed by atoms with E-state index >= 15 is 0 Å². The third-order valence-corrected chi connectivity index (χ3v) is 2.29. The van der Waals surface area contributed by atoms with Gasteiger partial charge in [-0.05, 0) is 17.5 Å². The van der Waals surface area contributed by atoms with Crippen LogP contribution in [0.5, 0.6) is 0 Å². The smallest absolute Gasteiger partial charge is 0.354 e. The number of anilines is 1. The largest absolute Gasteiger partial charge is 0.477 e. The van der Waals surface area contributed by atoms with Gasteiger partial charge in [-0.25, -0.2) is 14.6 Å². The Kier molecular flexibility index (Phi) is 4.47. The third-order valence-electron chi connectivity index (χ3n) is 2.29. The number of rotatable bonds is 3. The zero-order valence-corrected chi connectivity index (χ0v) is 11.6. The number of urea groups is 1. The van der Waals surface area contributed by atoms with E-state index in [1.54, 1.807) is 11.9 Å². The fourth-order valence-electron chi connectivity index (χ4n) is 1.60. The minimum absolute atomic E-state index is 0.0114. The molecule has 0 atom stereocenters. The molecule has 2 N–H and O–H groups in total. The normalized spacial score (nSPS) is 10.9. The molecule has 6 heteroatoms. The Morgan fingerprint density at radius 2 is 2.00 bits per heavy atom. The van der Waals surface area contributed by atoms with Crippen LogP contribution < -0.4 is 5.32 Å². The van der Waals surface area contributed by atoms with Crippen LogP contribution in [0.4, 0.5) is 10.5 Å². The lowest BCUT2D eigenvalue weighted by Crippen LogP contribution is -2.37. The molecule has 0 saturated carbocycles. The van der Waals surface area contributed by atoms with E-state index in [4.69, 9.17) is 5.11 Å². The summed E-state index contributed by atoms with van der Waals surface area (Å²) in [6.45, 7) is 6.74. The summed E-state index contributed by atoms with van der Waals surface area (Å²) in [6, 6.07) is 2.61. The molecule has 2 amide bonds. The number of aromatic carboxylic acids is 1. The first-order valence-corrected chi connectivity index (χ1v) is 5.90. The van der Waals surface area contributed by atoms with Gasteiger partial charge >= 0.3 is 12.0 Å². The van der Waals surface area contributed by atoms with E-state index < -0.39 is 5.97 Å². The highest BCUT2D eigenvalue weighted by Crippen LogP contribution is 2.15. The van der Waals surface area contributed by atoms with Crippen molar-refractivity contribution in [2.75, 3.05) is 18.9 Å². The number of carbonyl (C=O) groups excluding carboxylic acids is 1. The fourth-order valence-corrected chi connectivity index (χ4v) is 1.60. The number of nitrogens with zero attached hydrogens (tertiary/aromatic N) is 2. The van der Waals surface area contributed by atoms with E-state index in [1.807, 2.05) is 20.8 Å². The third kappa shape index (κ3) is 4.95. The van der Waals surface area contributed by atoms with Crippen molar-refractivity contribution in [3.63, 3.8) is 0 Å². The number of amides is 2. The van der Waals surface area contributed by atoms with Gasteiger partial charge in [0, 0.05) is 13.6 Å². The van der Waals surface area contributed by atoms with Gasteiger partial charge in [0.05, 0.1) is 11.9 Å². The summed E-state index contributed by atoms with van der Waals surface area (Å²) in [5.74, 6) is -1.09. The molecule has 0 aromatic carbocycles.